The number of para-hydroxylation sites is 1. The summed E-state index contributed by atoms with van der Waals surface area (Å²) < 4.78 is 20.9. The quantitative estimate of drug-likeness (QED) is 0.472. The third-order valence-corrected chi connectivity index (χ3v) is 6.29. The Kier molecular flexibility index (Phi) is 6.88. The summed E-state index contributed by atoms with van der Waals surface area (Å²) >= 11 is 3.31. The van der Waals surface area contributed by atoms with Crippen molar-refractivity contribution < 1.29 is 28.3 Å². The van der Waals surface area contributed by atoms with Crippen LogP contribution in [0.1, 0.15) is 22.3 Å². The number of ketones is 1. The fourth-order valence-electron chi connectivity index (χ4n) is 4.27. The fourth-order valence-corrected chi connectivity index (χ4v) is 4.81. The van der Waals surface area contributed by atoms with Crippen LogP contribution >= 0.6 is 15.9 Å². The monoisotopic (exact) mass is 544 g/mol. The second-order valence-corrected chi connectivity index (χ2v) is 9.10. The maximum Gasteiger partial charge on any atom is 0.337 e. The summed E-state index contributed by atoms with van der Waals surface area (Å²) in [6.07, 6.45) is -0.214. The number of benzene rings is 2. The number of hydrogen-bond donors (Lipinski definition) is 2. The molecular weight excluding hydrogens is 523 g/mol. The van der Waals surface area contributed by atoms with Crippen LogP contribution in [0.25, 0.3) is 10.9 Å². The fraction of sp³-hybridized carbons (Fsp3) is 0.250. The second kappa shape index (κ2) is 9.87. The van der Waals surface area contributed by atoms with E-state index < -0.39 is 30.2 Å². The van der Waals surface area contributed by atoms with Crippen molar-refractivity contribution in [3.05, 3.63) is 64.3 Å². The van der Waals surface area contributed by atoms with E-state index in [2.05, 4.69) is 21.2 Å². The predicted molar refractivity (Wildman–Crippen MR) is 130 cm³/mol. The maximum absolute atomic E-state index is 14.4. The zero-order valence-electron chi connectivity index (χ0n) is 18.7. The van der Waals surface area contributed by atoms with Gasteiger partial charge in [-0.1, -0.05) is 34.1 Å². The summed E-state index contributed by atoms with van der Waals surface area (Å²) in [7, 11) is 1.26. The molecule has 4 rings (SSSR count). The number of nitrogens with zero attached hydrogens (tertiary/aromatic N) is 2. The van der Waals surface area contributed by atoms with Gasteiger partial charge in [-0.25, -0.2) is 18.8 Å². The number of nitrogens with one attached hydrogen (secondary N) is 1. The number of nitrogens with two attached hydrogens (primary N) is 1. The van der Waals surface area contributed by atoms with Crippen LogP contribution in [0.3, 0.4) is 0 Å². The van der Waals surface area contributed by atoms with Crippen molar-refractivity contribution in [2.75, 3.05) is 19.0 Å². The van der Waals surface area contributed by atoms with E-state index in [9.17, 15) is 23.6 Å². The van der Waals surface area contributed by atoms with Gasteiger partial charge in [0.25, 0.3) is 0 Å². The number of primary amides is 1. The van der Waals surface area contributed by atoms with Crippen LogP contribution in [0.5, 0.6) is 0 Å². The van der Waals surface area contributed by atoms with E-state index in [1.165, 1.54) is 23.9 Å². The number of halogens is 2. The summed E-state index contributed by atoms with van der Waals surface area (Å²) in [5, 5.41) is 3.26. The molecule has 1 aliphatic heterocycles. The van der Waals surface area contributed by atoms with Crippen LogP contribution in [0.15, 0.2) is 53.1 Å². The van der Waals surface area contributed by atoms with Gasteiger partial charge in [-0.2, -0.15) is 0 Å². The minimum Gasteiger partial charge on any atom is -0.465 e. The molecule has 3 N–H and O–H groups in total. The molecular formula is C24H22BrFN4O5. The van der Waals surface area contributed by atoms with Gasteiger partial charge in [0, 0.05) is 28.9 Å². The van der Waals surface area contributed by atoms with Crippen LogP contribution in [0.4, 0.5) is 19.7 Å². The van der Waals surface area contributed by atoms with Crippen LogP contribution in [0.2, 0.25) is 0 Å². The summed E-state index contributed by atoms with van der Waals surface area (Å²) in [5.74, 6) is -0.922. The van der Waals surface area contributed by atoms with E-state index in [0.717, 1.165) is 4.90 Å². The average Bonchev–Trinajstić information content (AvgIpc) is 3.39. The van der Waals surface area contributed by atoms with Gasteiger partial charge in [0.1, 0.15) is 6.17 Å². The smallest absolute Gasteiger partial charge is 0.337 e. The number of hydrogen-bond acceptors (Lipinski definition) is 5. The van der Waals surface area contributed by atoms with Gasteiger partial charge < -0.3 is 20.7 Å². The summed E-state index contributed by atoms with van der Waals surface area (Å²) in [4.78, 5) is 51.0. The molecule has 2 aromatic carbocycles. The molecule has 0 bridgehead atoms. The lowest BCUT2D eigenvalue weighted by atomic mass is 10.00. The Morgan fingerprint density at radius 2 is 1.94 bits per heavy atom. The van der Waals surface area contributed by atoms with Crippen LogP contribution < -0.4 is 11.1 Å². The number of esters is 1. The molecule has 0 aliphatic carbocycles. The van der Waals surface area contributed by atoms with Crippen molar-refractivity contribution >= 4 is 56.3 Å². The molecule has 182 valence electrons. The zero-order valence-corrected chi connectivity index (χ0v) is 20.2. The third kappa shape index (κ3) is 5.04. The Morgan fingerprint density at radius 3 is 2.66 bits per heavy atom. The van der Waals surface area contributed by atoms with E-state index in [-0.39, 0.29) is 30.7 Å². The molecule has 35 heavy (non-hydrogen) atoms. The van der Waals surface area contributed by atoms with Crippen LogP contribution in [-0.4, -0.2) is 59.1 Å². The largest absolute Gasteiger partial charge is 0.465 e. The lowest BCUT2D eigenvalue weighted by Crippen LogP contribution is -2.43. The maximum atomic E-state index is 14.4. The number of likely N-dealkylation sites (tertiary alicyclic amines) is 1. The normalized spacial score (nSPS) is 17.4. The third-order valence-electron chi connectivity index (χ3n) is 5.83. The minimum atomic E-state index is -1.37. The molecule has 0 radical (unpaired) electrons. The van der Waals surface area contributed by atoms with Gasteiger partial charge in [0.15, 0.2) is 5.78 Å². The molecule has 1 aliphatic rings. The molecule has 9 nitrogen and oxygen atoms in total. The summed E-state index contributed by atoms with van der Waals surface area (Å²) in [6, 6.07) is 9.24. The molecule has 2 atom stereocenters. The number of carbonyl (C=O) groups excluding carboxylic acids is 4. The van der Waals surface area contributed by atoms with Gasteiger partial charge in [-0.15, -0.1) is 0 Å². The Bertz CT molecular complexity index is 1340. The Morgan fingerprint density at radius 1 is 1.20 bits per heavy atom. The molecule has 0 spiro atoms. The van der Waals surface area contributed by atoms with E-state index in [1.54, 1.807) is 36.4 Å². The molecule has 1 aromatic heterocycles. The highest BCUT2D eigenvalue weighted by atomic mass is 79.9. The molecule has 3 amide bonds. The van der Waals surface area contributed by atoms with Gasteiger partial charge in [-0.05, 0) is 29.8 Å². The first-order chi connectivity index (χ1) is 16.7. The van der Waals surface area contributed by atoms with Gasteiger partial charge >= 0.3 is 18.0 Å². The highest BCUT2D eigenvalue weighted by molar-refractivity contribution is 9.10. The molecule has 1 saturated heterocycles. The van der Waals surface area contributed by atoms with E-state index >= 15 is 0 Å². The van der Waals surface area contributed by atoms with Gasteiger partial charge in [-0.3, -0.25) is 9.36 Å². The second-order valence-electron chi connectivity index (χ2n) is 8.18. The number of carbonyl (C=O) groups is 4. The lowest BCUT2D eigenvalue weighted by Gasteiger charge is -2.23. The van der Waals surface area contributed by atoms with Crippen molar-refractivity contribution in [3.8, 4) is 0 Å². The number of ether oxygens (including phenoxy) is 1. The summed E-state index contributed by atoms with van der Waals surface area (Å²) in [6.45, 7) is -0.247. The number of Topliss-reactive ketones (excluding diaryl/α,β-unsaturated/α-hetero) is 1. The van der Waals surface area contributed by atoms with Gasteiger partial charge in [0.05, 0.1) is 36.5 Å². The molecule has 0 unspecified atom stereocenters. The van der Waals surface area contributed by atoms with E-state index in [4.69, 9.17) is 10.5 Å². The molecule has 1 fully saturated rings. The predicted octanol–water partition coefficient (Wildman–Crippen LogP) is 3.87. The lowest BCUT2D eigenvalue weighted by molar-refractivity contribution is -0.121. The Hall–Kier alpha value is -3.73. The summed E-state index contributed by atoms with van der Waals surface area (Å²) in [5.41, 5.74) is 7.03. The number of aromatic nitrogens is 1. The number of alkyl halides is 1. The van der Waals surface area contributed by atoms with Gasteiger partial charge in [0.2, 0.25) is 0 Å². The van der Waals surface area contributed by atoms with Crippen molar-refractivity contribution in [2.45, 2.75) is 25.1 Å². The SMILES string of the molecule is COC(=O)c1cc(Br)cc(CC(=O)[C@@H]2C[C@@H](F)CN2C(=O)Nc2cn(C(N)=O)c3ccccc23)c1. The molecule has 0 saturated carbocycles. The number of urea groups is 1. The number of methoxy groups -OCH3 is 1. The number of rotatable bonds is 5. The first kappa shape index (κ1) is 24.4. The average molecular weight is 545 g/mol. The van der Waals surface area contributed by atoms with Crippen molar-refractivity contribution in [1.29, 1.82) is 0 Å². The molecule has 3 aromatic rings. The zero-order chi connectivity index (χ0) is 25.3. The first-order valence-electron chi connectivity index (χ1n) is 10.7. The van der Waals surface area contributed by atoms with Crippen LogP contribution in [-0.2, 0) is 16.0 Å². The Balaban J connectivity index is 1.55. The number of amides is 3. The molecule has 2 heterocycles. The van der Waals surface area contributed by atoms with Crippen LogP contribution in [0, 0.1) is 0 Å². The van der Waals surface area contributed by atoms with E-state index in [1.807, 2.05) is 0 Å². The number of anilines is 1. The minimum absolute atomic E-state index is 0.106. The van der Waals surface area contributed by atoms with Crippen molar-refractivity contribution in [2.24, 2.45) is 5.73 Å². The van der Waals surface area contributed by atoms with Crippen molar-refractivity contribution in [1.82, 2.24) is 9.47 Å². The topological polar surface area (TPSA) is 124 Å². The van der Waals surface area contributed by atoms with Crippen molar-refractivity contribution in [3.63, 3.8) is 0 Å². The first-order valence-corrected chi connectivity index (χ1v) is 11.5. The van der Waals surface area contributed by atoms with E-state index in [0.29, 0.717) is 26.6 Å². The highest BCUT2D eigenvalue weighted by Gasteiger charge is 2.39. The standard InChI is InChI=1S/C24H22BrFN4O5/c1-35-22(32)14-6-13(7-15(25)9-14)8-21(31)20-10-16(26)11-30(20)24(34)28-18-12-29(23(27)33)19-5-3-2-4-17(18)19/h2-7,9,12,16,20H,8,10-11H2,1H3,(H2,27,33)(H,28,34)/t16-,20+/m1/s1. The highest BCUT2D eigenvalue weighted by Crippen LogP contribution is 2.28. The number of fused-ring (bicyclic) bond motifs is 1. The molecule has 11 heteroatoms. The Labute approximate surface area is 208 Å².